The first-order valence-corrected chi connectivity index (χ1v) is 9.92. The number of phenols is 1. The molecule has 0 bridgehead atoms. The van der Waals surface area contributed by atoms with E-state index in [1.165, 1.54) is 5.56 Å². The van der Waals surface area contributed by atoms with Crippen LogP contribution in [-0.2, 0) is 22.4 Å². The summed E-state index contributed by atoms with van der Waals surface area (Å²) in [7, 11) is 0. The molecular weight excluding hydrogens is 427 g/mol. The molecule has 1 saturated heterocycles. The molecule has 30 heavy (non-hydrogen) atoms. The lowest BCUT2D eigenvalue weighted by atomic mass is 10.0. The van der Waals surface area contributed by atoms with Crippen LogP contribution in [0.1, 0.15) is 12.0 Å². The lowest BCUT2D eigenvalue weighted by Crippen LogP contribution is -2.37. The molecule has 1 aromatic heterocycles. The number of ether oxygens (including phenoxy) is 3. The van der Waals surface area contributed by atoms with Crippen LogP contribution in [0.15, 0.2) is 67.3 Å². The fraction of sp³-hybridized carbons (Fsp3) is 0.318. The van der Waals surface area contributed by atoms with Gasteiger partial charge in [-0.1, -0.05) is 23.7 Å². The van der Waals surface area contributed by atoms with Gasteiger partial charge in [-0.05, 0) is 48.4 Å². The maximum absolute atomic E-state index is 9.38. The Bertz CT molecular complexity index is 904. The van der Waals surface area contributed by atoms with Gasteiger partial charge in [0.1, 0.15) is 24.2 Å². The molecule has 1 aliphatic heterocycles. The van der Waals surface area contributed by atoms with Crippen molar-refractivity contribution in [3.8, 4) is 11.5 Å². The minimum Gasteiger partial charge on any atom is -0.508 e. The second-order valence-electron chi connectivity index (χ2n) is 7.13. The Hall–Kier alpha value is -2.25. The first-order chi connectivity index (χ1) is 14.1. The lowest BCUT2D eigenvalue weighted by Gasteiger charge is -2.28. The molecule has 0 saturated carbocycles. The van der Waals surface area contributed by atoms with Gasteiger partial charge in [0.05, 0.1) is 19.5 Å². The van der Waals surface area contributed by atoms with Crippen molar-refractivity contribution in [3.63, 3.8) is 0 Å². The van der Waals surface area contributed by atoms with Crippen LogP contribution in [0.3, 0.4) is 0 Å². The van der Waals surface area contributed by atoms with E-state index in [0.29, 0.717) is 31.9 Å². The smallest absolute Gasteiger partial charge is 0.187 e. The van der Waals surface area contributed by atoms with Crippen LogP contribution >= 0.6 is 24.0 Å². The number of benzene rings is 2. The van der Waals surface area contributed by atoms with E-state index in [-0.39, 0.29) is 24.3 Å². The number of hydrogen-bond donors (Lipinski definition) is 1. The van der Waals surface area contributed by atoms with Crippen LogP contribution < -0.4 is 4.74 Å². The predicted molar refractivity (Wildman–Crippen MR) is 116 cm³/mol. The molecule has 6 nitrogen and oxygen atoms in total. The zero-order chi connectivity index (χ0) is 20.1. The Morgan fingerprint density at radius 2 is 1.93 bits per heavy atom. The average molecular weight is 451 g/mol. The number of aromatic nitrogens is 2. The van der Waals surface area contributed by atoms with E-state index in [1.54, 1.807) is 36.8 Å². The fourth-order valence-electron chi connectivity index (χ4n) is 3.37. The van der Waals surface area contributed by atoms with Crippen molar-refractivity contribution in [2.75, 3.05) is 13.2 Å². The standard InChI is InChI=1S/C22H23ClN2O4.ClH/c23-18-3-1-17(2-4-18)9-10-22(15-25-12-11-24-16-25)28-14-21(29-22)13-27-20-7-5-19(26)6-8-20;/h1-8,11-12,16,21,26H,9-10,13-15H2;1H. The molecule has 2 unspecified atom stereocenters. The normalized spacial score (nSPS) is 20.6. The summed E-state index contributed by atoms with van der Waals surface area (Å²) in [5.74, 6) is 0.141. The van der Waals surface area contributed by atoms with E-state index >= 15 is 0 Å². The molecule has 4 rings (SSSR count). The van der Waals surface area contributed by atoms with Gasteiger partial charge in [0.25, 0.3) is 0 Å². The highest BCUT2D eigenvalue weighted by Crippen LogP contribution is 2.31. The quantitative estimate of drug-likeness (QED) is 0.547. The molecule has 2 atom stereocenters. The van der Waals surface area contributed by atoms with Crippen molar-refractivity contribution in [1.82, 2.24) is 9.55 Å². The summed E-state index contributed by atoms with van der Waals surface area (Å²) in [6.45, 7) is 1.38. The number of aromatic hydroxyl groups is 1. The number of phenolic OH excluding ortho intramolecular Hbond substituents is 1. The van der Waals surface area contributed by atoms with Crippen LogP contribution in [-0.4, -0.2) is 39.8 Å². The highest BCUT2D eigenvalue weighted by atomic mass is 35.5. The molecular formula is C22H24Cl2N2O4. The Morgan fingerprint density at radius 3 is 2.63 bits per heavy atom. The van der Waals surface area contributed by atoms with Gasteiger partial charge in [0.2, 0.25) is 0 Å². The SMILES string of the molecule is Cl.Oc1ccc(OCC2COC(CCc3ccc(Cl)cc3)(Cn3ccnc3)O2)cc1. The number of aryl methyl sites for hydroxylation is 1. The van der Waals surface area contributed by atoms with Gasteiger partial charge >= 0.3 is 0 Å². The molecule has 1 aliphatic rings. The summed E-state index contributed by atoms with van der Waals surface area (Å²) in [6, 6.07) is 14.5. The summed E-state index contributed by atoms with van der Waals surface area (Å²) in [5, 5.41) is 10.1. The third-order valence-corrected chi connectivity index (χ3v) is 5.13. The number of imidazole rings is 1. The number of nitrogens with zero attached hydrogens (tertiary/aromatic N) is 2. The maximum Gasteiger partial charge on any atom is 0.187 e. The van der Waals surface area contributed by atoms with E-state index < -0.39 is 5.79 Å². The van der Waals surface area contributed by atoms with Crippen molar-refractivity contribution in [2.45, 2.75) is 31.3 Å². The van der Waals surface area contributed by atoms with Crippen molar-refractivity contribution >= 4 is 24.0 Å². The molecule has 0 amide bonds. The van der Waals surface area contributed by atoms with E-state index in [9.17, 15) is 5.11 Å². The number of halogens is 2. The fourth-order valence-corrected chi connectivity index (χ4v) is 3.49. The van der Waals surface area contributed by atoms with Crippen molar-refractivity contribution in [1.29, 1.82) is 0 Å². The summed E-state index contributed by atoms with van der Waals surface area (Å²) in [5.41, 5.74) is 1.18. The third-order valence-electron chi connectivity index (χ3n) is 4.88. The van der Waals surface area contributed by atoms with Crippen molar-refractivity contribution in [3.05, 3.63) is 77.8 Å². The van der Waals surface area contributed by atoms with E-state index in [0.717, 1.165) is 11.4 Å². The van der Waals surface area contributed by atoms with Gasteiger partial charge in [-0.25, -0.2) is 4.98 Å². The third kappa shape index (κ3) is 5.89. The number of hydrogen-bond acceptors (Lipinski definition) is 5. The Labute approximate surface area is 186 Å². The maximum atomic E-state index is 9.38. The highest BCUT2D eigenvalue weighted by Gasteiger charge is 2.42. The lowest BCUT2D eigenvalue weighted by molar-refractivity contribution is -0.184. The Balaban J connectivity index is 0.00000256. The van der Waals surface area contributed by atoms with Crippen LogP contribution in [0.25, 0.3) is 0 Å². The van der Waals surface area contributed by atoms with Crippen LogP contribution in [0, 0.1) is 0 Å². The molecule has 3 aromatic rings. The second-order valence-corrected chi connectivity index (χ2v) is 7.56. The van der Waals surface area contributed by atoms with Gasteiger partial charge < -0.3 is 23.9 Å². The van der Waals surface area contributed by atoms with Crippen LogP contribution in [0.2, 0.25) is 5.02 Å². The molecule has 1 N–H and O–H groups in total. The van der Waals surface area contributed by atoms with E-state index in [1.807, 2.05) is 35.0 Å². The predicted octanol–water partition coefficient (Wildman–Crippen LogP) is 4.49. The average Bonchev–Trinajstić information content (AvgIpc) is 3.38. The Kier molecular flexibility index (Phi) is 7.61. The molecule has 8 heteroatoms. The molecule has 0 spiro atoms. The molecule has 0 radical (unpaired) electrons. The summed E-state index contributed by atoms with van der Waals surface area (Å²) < 4.78 is 20.3. The summed E-state index contributed by atoms with van der Waals surface area (Å²) >= 11 is 5.99. The number of rotatable bonds is 8. The van der Waals surface area contributed by atoms with E-state index in [4.69, 9.17) is 25.8 Å². The summed E-state index contributed by atoms with van der Waals surface area (Å²) in [6.07, 6.45) is 6.72. The van der Waals surface area contributed by atoms with Gasteiger partial charge in [0, 0.05) is 23.8 Å². The highest BCUT2D eigenvalue weighted by molar-refractivity contribution is 6.30. The largest absolute Gasteiger partial charge is 0.508 e. The minimum atomic E-state index is -0.747. The Morgan fingerprint density at radius 1 is 1.17 bits per heavy atom. The van der Waals surface area contributed by atoms with E-state index in [2.05, 4.69) is 4.98 Å². The first-order valence-electron chi connectivity index (χ1n) is 9.54. The molecule has 0 aliphatic carbocycles. The topological polar surface area (TPSA) is 65.7 Å². The first kappa shape index (κ1) is 22.4. The van der Waals surface area contributed by atoms with Gasteiger partial charge in [-0.15, -0.1) is 12.4 Å². The molecule has 2 heterocycles. The minimum absolute atomic E-state index is 0. The zero-order valence-corrected chi connectivity index (χ0v) is 17.9. The zero-order valence-electron chi connectivity index (χ0n) is 16.3. The van der Waals surface area contributed by atoms with Gasteiger partial charge in [-0.3, -0.25) is 0 Å². The molecule has 160 valence electrons. The van der Waals surface area contributed by atoms with Gasteiger partial charge in [0.15, 0.2) is 5.79 Å². The van der Waals surface area contributed by atoms with Crippen LogP contribution in [0.4, 0.5) is 0 Å². The molecule has 2 aromatic carbocycles. The van der Waals surface area contributed by atoms with Gasteiger partial charge in [-0.2, -0.15) is 0 Å². The summed E-state index contributed by atoms with van der Waals surface area (Å²) in [4.78, 5) is 4.12. The van der Waals surface area contributed by atoms with Crippen LogP contribution in [0.5, 0.6) is 11.5 Å². The second kappa shape index (κ2) is 10.2. The van der Waals surface area contributed by atoms with Crippen molar-refractivity contribution < 1.29 is 19.3 Å². The monoisotopic (exact) mass is 450 g/mol. The molecule has 1 fully saturated rings. The van der Waals surface area contributed by atoms with Crippen molar-refractivity contribution in [2.24, 2.45) is 0 Å².